The fraction of sp³-hybridized carbons (Fsp3) is 0.533. The summed E-state index contributed by atoms with van der Waals surface area (Å²) in [6.07, 6.45) is 3.56. The molecule has 0 aliphatic carbocycles. The van der Waals surface area contributed by atoms with Crippen molar-refractivity contribution in [2.45, 2.75) is 38.8 Å². The van der Waals surface area contributed by atoms with Gasteiger partial charge in [0, 0.05) is 63.5 Å². The van der Waals surface area contributed by atoms with Gasteiger partial charge in [-0.1, -0.05) is 36.4 Å². The molecule has 2 atom stereocenters. The lowest BCUT2D eigenvalue weighted by Crippen LogP contribution is -2.55. The van der Waals surface area contributed by atoms with Gasteiger partial charge in [0.05, 0.1) is 11.8 Å². The molecule has 0 aromatic heterocycles. The minimum atomic E-state index is -0.199. The molecule has 0 spiro atoms. The van der Waals surface area contributed by atoms with Crippen molar-refractivity contribution in [2.24, 2.45) is 11.8 Å². The molecule has 5 rings (SSSR count). The monoisotopic (exact) mass is 524 g/mol. The van der Waals surface area contributed by atoms with Crippen LogP contribution in [0.5, 0.6) is 0 Å². The van der Waals surface area contributed by atoms with Gasteiger partial charge in [-0.3, -0.25) is 19.4 Å². The largest absolute Gasteiger partial charge is 0.339 e. The van der Waals surface area contributed by atoms with Gasteiger partial charge in [-0.05, 0) is 50.9 Å². The van der Waals surface area contributed by atoms with E-state index in [1.54, 1.807) is 12.1 Å². The first-order valence-corrected chi connectivity index (χ1v) is 14.0. The average molecular weight is 525 g/mol. The van der Waals surface area contributed by atoms with Crippen molar-refractivity contribution in [1.82, 2.24) is 19.6 Å². The molecular weight excluding hydrogens is 486 g/mol. The second-order valence-corrected chi connectivity index (χ2v) is 11.0. The van der Waals surface area contributed by atoms with Gasteiger partial charge in [-0.15, -0.1) is 0 Å². The van der Waals surface area contributed by atoms with E-state index in [0.717, 1.165) is 38.8 Å². The molecule has 2 aromatic carbocycles. The predicted molar refractivity (Wildman–Crippen MR) is 142 cm³/mol. The Kier molecular flexibility index (Phi) is 8.69. The molecule has 3 aliphatic heterocycles. The van der Waals surface area contributed by atoms with Crippen LogP contribution in [-0.4, -0.2) is 83.8 Å². The molecule has 2 unspecified atom stereocenters. The number of amides is 2. The molecule has 3 heterocycles. The van der Waals surface area contributed by atoms with Gasteiger partial charge in [0.2, 0.25) is 11.8 Å². The van der Waals surface area contributed by atoms with E-state index in [1.807, 2.05) is 34.1 Å². The van der Waals surface area contributed by atoms with Crippen LogP contribution in [0.4, 0.5) is 8.78 Å². The van der Waals surface area contributed by atoms with Crippen LogP contribution in [0, 0.1) is 23.5 Å². The number of piperidine rings is 2. The van der Waals surface area contributed by atoms with Gasteiger partial charge in [-0.2, -0.15) is 0 Å². The first kappa shape index (κ1) is 26.8. The smallest absolute Gasteiger partial charge is 0.227 e. The van der Waals surface area contributed by atoms with Gasteiger partial charge in [0.25, 0.3) is 0 Å². The maximum atomic E-state index is 14.1. The predicted octanol–water partition coefficient (Wildman–Crippen LogP) is 3.76. The number of likely N-dealkylation sites (tertiary alicyclic amines) is 2. The van der Waals surface area contributed by atoms with E-state index in [-0.39, 0.29) is 35.3 Å². The average Bonchev–Trinajstić information content (AvgIpc) is 2.95. The van der Waals surface area contributed by atoms with Gasteiger partial charge >= 0.3 is 0 Å². The topological polar surface area (TPSA) is 47.1 Å². The van der Waals surface area contributed by atoms with E-state index in [1.165, 1.54) is 12.1 Å². The first-order chi connectivity index (χ1) is 18.5. The van der Waals surface area contributed by atoms with Crippen LogP contribution in [0.1, 0.15) is 36.8 Å². The summed E-state index contributed by atoms with van der Waals surface area (Å²) in [6, 6.07) is 13.7. The molecule has 3 fully saturated rings. The maximum Gasteiger partial charge on any atom is 0.227 e. The Morgan fingerprint density at radius 3 is 1.42 bits per heavy atom. The summed E-state index contributed by atoms with van der Waals surface area (Å²) in [7, 11) is 0. The van der Waals surface area contributed by atoms with E-state index in [2.05, 4.69) is 9.80 Å². The lowest BCUT2D eigenvalue weighted by Gasteiger charge is -2.41. The summed E-state index contributed by atoms with van der Waals surface area (Å²) in [5, 5.41) is 0. The molecule has 2 aromatic rings. The van der Waals surface area contributed by atoms with Gasteiger partial charge in [-0.25, -0.2) is 8.78 Å². The van der Waals surface area contributed by atoms with E-state index in [4.69, 9.17) is 0 Å². The molecule has 0 radical (unpaired) electrons. The highest BCUT2D eigenvalue weighted by Gasteiger charge is 2.34. The molecule has 3 aliphatic rings. The van der Waals surface area contributed by atoms with Crippen LogP contribution >= 0.6 is 0 Å². The molecular formula is C30H38F2N4O2. The second kappa shape index (κ2) is 12.3. The molecule has 0 N–H and O–H groups in total. The van der Waals surface area contributed by atoms with Crippen molar-refractivity contribution in [3.63, 3.8) is 0 Å². The third-order valence-corrected chi connectivity index (χ3v) is 8.32. The maximum absolute atomic E-state index is 14.1. The third-order valence-electron chi connectivity index (χ3n) is 8.32. The number of benzene rings is 2. The normalized spacial score (nSPS) is 23.4. The number of piperazine rings is 1. The van der Waals surface area contributed by atoms with Crippen LogP contribution in [-0.2, 0) is 22.7 Å². The summed E-state index contributed by atoms with van der Waals surface area (Å²) in [6.45, 7) is 6.30. The fourth-order valence-corrected chi connectivity index (χ4v) is 6.20. The third kappa shape index (κ3) is 6.41. The van der Waals surface area contributed by atoms with E-state index in [0.29, 0.717) is 63.5 Å². The highest BCUT2D eigenvalue weighted by atomic mass is 19.1. The number of carbonyl (C=O) groups is 2. The number of hydrogen-bond acceptors (Lipinski definition) is 4. The van der Waals surface area contributed by atoms with Crippen molar-refractivity contribution in [1.29, 1.82) is 0 Å². The quantitative estimate of drug-likeness (QED) is 0.578. The lowest BCUT2D eigenvalue weighted by molar-refractivity contribution is -0.146. The lowest BCUT2D eigenvalue weighted by atomic mass is 9.94. The highest BCUT2D eigenvalue weighted by molar-refractivity contribution is 5.81. The Bertz CT molecular complexity index is 1030. The van der Waals surface area contributed by atoms with Crippen molar-refractivity contribution in [3.05, 3.63) is 71.3 Å². The number of carbonyl (C=O) groups excluding carboxylic acids is 2. The Morgan fingerprint density at radius 1 is 0.632 bits per heavy atom. The van der Waals surface area contributed by atoms with Crippen LogP contribution in [0.15, 0.2) is 48.5 Å². The Hall–Kier alpha value is -2.84. The van der Waals surface area contributed by atoms with Crippen LogP contribution in [0.3, 0.4) is 0 Å². The van der Waals surface area contributed by atoms with Crippen molar-refractivity contribution in [3.8, 4) is 0 Å². The standard InChI is InChI=1S/C30H38F2N4O2/c31-27-11-3-1-7-23(27)19-33-13-5-9-25(21-33)29(37)35-15-17-36(18-16-35)30(38)26-10-6-14-34(22-26)20-24-8-2-4-12-28(24)32/h1-4,7-8,11-12,25-26H,5-6,9-10,13-22H2. The van der Waals surface area contributed by atoms with Gasteiger partial charge in [0.15, 0.2) is 0 Å². The summed E-state index contributed by atoms with van der Waals surface area (Å²) < 4.78 is 28.2. The first-order valence-electron chi connectivity index (χ1n) is 14.0. The number of rotatable bonds is 6. The van der Waals surface area contributed by atoms with Crippen molar-refractivity contribution < 1.29 is 18.4 Å². The number of halogens is 2. The number of nitrogens with zero attached hydrogens (tertiary/aromatic N) is 4. The molecule has 6 nitrogen and oxygen atoms in total. The molecule has 3 saturated heterocycles. The van der Waals surface area contributed by atoms with Gasteiger partial charge < -0.3 is 9.80 Å². The molecule has 8 heteroatoms. The molecule has 0 bridgehead atoms. The second-order valence-electron chi connectivity index (χ2n) is 11.0. The summed E-state index contributed by atoms with van der Waals surface area (Å²) in [4.78, 5) is 34.8. The van der Waals surface area contributed by atoms with Gasteiger partial charge in [0.1, 0.15) is 11.6 Å². The minimum Gasteiger partial charge on any atom is -0.339 e. The van der Waals surface area contributed by atoms with E-state index < -0.39 is 0 Å². The van der Waals surface area contributed by atoms with E-state index in [9.17, 15) is 18.4 Å². The Balaban J connectivity index is 1.10. The van der Waals surface area contributed by atoms with Crippen molar-refractivity contribution in [2.75, 3.05) is 52.4 Å². The fourth-order valence-electron chi connectivity index (χ4n) is 6.20. The molecule has 38 heavy (non-hydrogen) atoms. The number of hydrogen-bond donors (Lipinski definition) is 0. The summed E-state index contributed by atoms with van der Waals surface area (Å²) >= 11 is 0. The SMILES string of the molecule is O=C(C1CCCN(Cc2ccccc2F)C1)N1CCN(C(=O)C2CCCN(Cc3ccccc3F)C2)CC1. The molecule has 204 valence electrons. The van der Waals surface area contributed by atoms with E-state index >= 15 is 0 Å². The molecule has 2 amide bonds. The highest BCUT2D eigenvalue weighted by Crippen LogP contribution is 2.24. The van der Waals surface area contributed by atoms with Crippen molar-refractivity contribution >= 4 is 11.8 Å². The summed E-state index contributed by atoms with van der Waals surface area (Å²) in [5.41, 5.74) is 1.34. The Morgan fingerprint density at radius 2 is 1.03 bits per heavy atom. The Labute approximate surface area is 224 Å². The summed E-state index contributed by atoms with van der Waals surface area (Å²) in [5.74, 6) is -0.246. The molecule has 0 saturated carbocycles. The zero-order valence-corrected chi connectivity index (χ0v) is 22.0. The zero-order valence-electron chi connectivity index (χ0n) is 22.0. The van der Waals surface area contributed by atoms with Crippen LogP contribution in [0.2, 0.25) is 0 Å². The zero-order chi connectivity index (χ0) is 26.5. The minimum absolute atomic E-state index is 0.0805. The van der Waals surface area contributed by atoms with Crippen LogP contribution < -0.4 is 0 Å². The van der Waals surface area contributed by atoms with Crippen LogP contribution in [0.25, 0.3) is 0 Å².